The van der Waals surface area contributed by atoms with Crippen molar-refractivity contribution in [2.45, 2.75) is 32.6 Å². The number of allylic oxidation sites excluding steroid dienone is 2. The van der Waals surface area contributed by atoms with Crippen LogP contribution in [0.25, 0.3) is 0 Å². The molecule has 2 aromatic rings. The molecule has 1 heterocycles. The molecule has 4 heteroatoms. The van der Waals surface area contributed by atoms with Crippen molar-refractivity contribution >= 4 is 23.2 Å². The van der Waals surface area contributed by atoms with Gasteiger partial charge in [-0.15, -0.1) is 0 Å². The van der Waals surface area contributed by atoms with Crippen molar-refractivity contribution in [2.24, 2.45) is 5.41 Å². The molecule has 4 nitrogen and oxygen atoms in total. The number of carbonyl (C=O) groups excluding carboxylic acids is 3. The lowest BCUT2D eigenvalue weighted by molar-refractivity contribution is -0.130. The van der Waals surface area contributed by atoms with E-state index < -0.39 is 5.92 Å². The lowest BCUT2D eigenvalue weighted by Gasteiger charge is -2.41. The van der Waals surface area contributed by atoms with E-state index in [0.717, 1.165) is 0 Å². The van der Waals surface area contributed by atoms with Crippen LogP contribution in [0, 0.1) is 5.41 Å². The van der Waals surface area contributed by atoms with Gasteiger partial charge >= 0.3 is 0 Å². The maximum atomic E-state index is 13.5. The summed E-state index contributed by atoms with van der Waals surface area (Å²) in [6, 6.07) is 18.3. The number of hydrogen-bond donors (Lipinski definition) is 0. The Balaban J connectivity index is 1.94. The predicted molar refractivity (Wildman–Crippen MR) is 103 cm³/mol. The quantitative estimate of drug-likeness (QED) is 0.601. The topological polar surface area (TPSA) is 54.5 Å². The van der Waals surface area contributed by atoms with Gasteiger partial charge in [0.25, 0.3) is 0 Å². The van der Waals surface area contributed by atoms with E-state index in [1.54, 1.807) is 29.2 Å². The van der Waals surface area contributed by atoms with Crippen LogP contribution in [-0.4, -0.2) is 17.5 Å². The summed E-state index contributed by atoms with van der Waals surface area (Å²) >= 11 is 0. The Morgan fingerprint density at radius 2 is 1.44 bits per heavy atom. The number of anilines is 1. The largest absolute Gasteiger partial charge is 0.294 e. The Hall–Kier alpha value is -3.01. The van der Waals surface area contributed by atoms with Crippen LogP contribution in [0.2, 0.25) is 0 Å². The average molecular weight is 359 g/mol. The van der Waals surface area contributed by atoms with E-state index in [1.807, 2.05) is 50.2 Å². The van der Waals surface area contributed by atoms with Crippen molar-refractivity contribution in [3.8, 4) is 0 Å². The van der Waals surface area contributed by atoms with Gasteiger partial charge in [0, 0.05) is 17.8 Å². The molecule has 2 aromatic carbocycles. The summed E-state index contributed by atoms with van der Waals surface area (Å²) in [7, 11) is 0. The van der Waals surface area contributed by atoms with Crippen molar-refractivity contribution in [1.29, 1.82) is 0 Å². The van der Waals surface area contributed by atoms with Gasteiger partial charge < -0.3 is 0 Å². The van der Waals surface area contributed by atoms with Crippen molar-refractivity contribution < 1.29 is 14.4 Å². The highest BCUT2D eigenvalue weighted by Gasteiger charge is 2.48. The second-order valence-corrected chi connectivity index (χ2v) is 7.98. The van der Waals surface area contributed by atoms with E-state index in [-0.39, 0.29) is 28.5 Å². The Kier molecular flexibility index (Phi) is 4.06. The van der Waals surface area contributed by atoms with Gasteiger partial charge in [-0.1, -0.05) is 62.4 Å². The molecular weight excluding hydrogens is 338 g/mol. The first-order chi connectivity index (χ1) is 12.9. The Labute approximate surface area is 158 Å². The first kappa shape index (κ1) is 17.4. The van der Waals surface area contributed by atoms with E-state index in [2.05, 4.69) is 0 Å². The average Bonchev–Trinajstić information content (AvgIpc) is 2.62. The molecule has 1 atom stereocenters. The third-order valence-electron chi connectivity index (χ3n) is 5.25. The summed E-state index contributed by atoms with van der Waals surface area (Å²) < 4.78 is 0. The van der Waals surface area contributed by atoms with E-state index in [9.17, 15) is 14.4 Å². The van der Waals surface area contributed by atoms with Crippen LogP contribution < -0.4 is 4.90 Å². The van der Waals surface area contributed by atoms with Crippen LogP contribution in [0.5, 0.6) is 0 Å². The van der Waals surface area contributed by atoms with Crippen LogP contribution in [-0.2, 0) is 14.4 Å². The van der Waals surface area contributed by atoms with Gasteiger partial charge in [0.2, 0.25) is 5.91 Å². The maximum absolute atomic E-state index is 13.5. The molecule has 0 fully saturated rings. The number of carbonyl (C=O) groups is 3. The molecule has 1 unspecified atom stereocenters. The van der Waals surface area contributed by atoms with Crippen molar-refractivity contribution in [1.82, 2.24) is 0 Å². The molecule has 0 spiro atoms. The van der Waals surface area contributed by atoms with Crippen LogP contribution in [0.1, 0.15) is 38.2 Å². The standard InChI is InChI=1S/C23H21NO3/c1-23(2)13-17-20(18(25)14-23)21(26)19(15-9-5-3-6-10-15)22(27)24(17)16-11-7-4-8-12-16/h3-12,19H,13-14H2,1-2H3. The van der Waals surface area contributed by atoms with Gasteiger partial charge in [-0.05, 0) is 29.5 Å². The van der Waals surface area contributed by atoms with Crippen LogP contribution in [0.15, 0.2) is 71.9 Å². The predicted octanol–water partition coefficient (Wildman–Crippen LogP) is 4.03. The zero-order chi connectivity index (χ0) is 19.2. The van der Waals surface area contributed by atoms with Gasteiger partial charge in [0.05, 0.1) is 5.57 Å². The molecule has 0 bridgehead atoms. The number of rotatable bonds is 2. The summed E-state index contributed by atoms with van der Waals surface area (Å²) in [5, 5.41) is 0. The molecule has 136 valence electrons. The van der Waals surface area contributed by atoms with Gasteiger partial charge in [0.15, 0.2) is 11.6 Å². The van der Waals surface area contributed by atoms with E-state index in [1.165, 1.54) is 0 Å². The van der Waals surface area contributed by atoms with E-state index in [4.69, 9.17) is 0 Å². The fourth-order valence-electron chi connectivity index (χ4n) is 4.08. The molecule has 27 heavy (non-hydrogen) atoms. The zero-order valence-electron chi connectivity index (χ0n) is 15.4. The lowest BCUT2D eigenvalue weighted by atomic mass is 9.70. The number of Topliss-reactive ketones (excluding diaryl/α,β-unsaturated/α-hetero) is 2. The van der Waals surface area contributed by atoms with Gasteiger partial charge in [-0.3, -0.25) is 19.3 Å². The maximum Gasteiger partial charge on any atom is 0.246 e. The second kappa shape index (κ2) is 6.31. The summed E-state index contributed by atoms with van der Waals surface area (Å²) in [6.07, 6.45) is 0.831. The van der Waals surface area contributed by atoms with Crippen LogP contribution in [0.3, 0.4) is 0 Å². The van der Waals surface area contributed by atoms with Crippen molar-refractivity contribution in [3.63, 3.8) is 0 Å². The molecule has 0 saturated heterocycles. The van der Waals surface area contributed by atoms with Crippen molar-refractivity contribution in [3.05, 3.63) is 77.5 Å². The fraction of sp³-hybridized carbons (Fsp3) is 0.261. The minimum atomic E-state index is -0.977. The summed E-state index contributed by atoms with van der Waals surface area (Å²) in [5.74, 6) is -1.80. The smallest absolute Gasteiger partial charge is 0.246 e. The highest BCUT2D eigenvalue weighted by Crippen LogP contribution is 2.45. The summed E-state index contributed by atoms with van der Waals surface area (Å²) in [5.41, 5.74) is 1.77. The molecule has 0 saturated carbocycles. The number of ketones is 2. The van der Waals surface area contributed by atoms with Crippen molar-refractivity contribution in [2.75, 3.05) is 4.90 Å². The summed E-state index contributed by atoms with van der Waals surface area (Å²) in [4.78, 5) is 41.2. The normalized spacial score (nSPS) is 22.1. The Bertz CT molecular complexity index is 958. The second-order valence-electron chi connectivity index (χ2n) is 7.98. The Morgan fingerprint density at radius 1 is 0.852 bits per heavy atom. The molecule has 1 aliphatic heterocycles. The van der Waals surface area contributed by atoms with Gasteiger partial charge in [-0.2, -0.15) is 0 Å². The fourth-order valence-corrected chi connectivity index (χ4v) is 4.08. The number of amides is 1. The SMILES string of the molecule is CC1(C)CC(=O)C2=C(C1)N(c1ccccc1)C(=O)C(c1ccccc1)C2=O. The zero-order valence-corrected chi connectivity index (χ0v) is 15.4. The number of benzene rings is 2. The van der Waals surface area contributed by atoms with Crippen LogP contribution in [0.4, 0.5) is 5.69 Å². The molecule has 0 aromatic heterocycles. The van der Waals surface area contributed by atoms with Crippen LogP contribution >= 0.6 is 0 Å². The molecule has 0 N–H and O–H groups in total. The molecule has 1 amide bonds. The first-order valence-corrected chi connectivity index (χ1v) is 9.13. The van der Waals surface area contributed by atoms with E-state index >= 15 is 0 Å². The van der Waals surface area contributed by atoms with E-state index in [0.29, 0.717) is 29.8 Å². The highest BCUT2D eigenvalue weighted by molar-refractivity contribution is 6.33. The van der Waals surface area contributed by atoms with Gasteiger partial charge in [-0.25, -0.2) is 0 Å². The minimum absolute atomic E-state index is 0.166. The third kappa shape index (κ3) is 2.91. The minimum Gasteiger partial charge on any atom is -0.294 e. The summed E-state index contributed by atoms with van der Waals surface area (Å²) in [6.45, 7) is 3.99. The molecule has 0 radical (unpaired) electrons. The number of hydrogen-bond acceptors (Lipinski definition) is 3. The molecule has 4 rings (SSSR count). The molecular formula is C23H21NO3. The molecule has 2 aliphatic rings. The first-order valence-electron chi connectivity index (χ1n) is 9.13. The number of para-hydroxylation sites is 1. The number of nitrogens with zero attached hydrogens (tertiary/aromatic N) is 1. The highest BCUT2D eigenvalue weighted by atomic mass is 16.2. The molecule has 1 aliphatic carbocycles. The van der Waals surface area contributed by atoms with Gasteiger partial charge in [0.1, 0.15) is 5.92 Å². The monoisotopic (exact) mass is 359 g/mol. The third-order valence-corrected chi connectivity index (χ3v) is 5.25. The lowest BCUT2D eigenvalue weighted by Crippen LogP contribution is -2.48. The Morgan fingerprint density at radius 3 is 2.07 bits per heavy atom.